The van der Waals surface area contributed by atoms with Crippen LogP contribution in [0.4, 0.5) is 4.79 Å². The highest BCUT2D eigenvalue weighted by molar-refractivity contribution is 8.15. The number of thioether (sulfide) groups is 1. The molecule has 4 nitrogen and oxygen atoms in total. The minimum Gasteiger partial charge on any atom is -0.457 e. The van der Waals surface area contributed by atoms with Crippen molar-refractivity contribution in [3.8, 4) is 11.5 Å². The van der Waals surface area contributed by atoms with Crippen molar-refractivity contribution in [3.05, 3.63) is 59.2 Å². The molecule has 1 saturated heterocycles. The molecular weight excluding hydrogens is 310 g/mol. The lowest BCUT2D eigenvalue weighted by atomic mass is 10.1. The molecule has 0 aromatic heterocycles. The van der Waals surface area contributed by atoms with Crippen LogP contribution in [0.25, 0.3) is 0 Å². The molecule has 0 saturated carbocycles. The minimum absolute atomic E-state index is 0.212. The van der Waals surface area contributed by atoms with Gasteiger partial charge in [-0.25, -0.2) is 0 Å². The summed E-state index contributed by atoms with van der Waals surface area (Å²) in [5, 5.41) is 1.69. The predicted octanol–water partition coefficient (Wildman–Crippen LogP) is 3.99. The van der Waals surface area contributed by atoms with Gasteiger partial charge in [0.05, 0.1) is 5.25 Å². The molecule has 0 bridgehead atoms. The fraction of sp³-hybridized carbons (Fsp3) is 0.222. The first-order chi connectivity index (χ1) is 11.0. The number of carbonyl (C=O) groups excluding carboxylic acids is 2. The summed E-state index contributed by atoms with van der Waals surface area (Å²) >= 11 is 1.05. The molecule has 0 spiro atoms. The van der Waals surface area contributed by atoms with E-state index in [1.807, 2.05) is 50.2 Å². The normalized spacial score (nSPS) is 17.2. The van der Waals surface area contributed by atoms with E-state index in [4.69, 9.17) is 4.74 Å². The molecule has 1 heterocycles. The zero-order chi connectivity index (χ0) is 16.4. The van der Waals surface area contributed by atoms with Gasteiger partial charge >= 0.3 is 0 Å². The largest absolute Gasteiger partial charge is 0.457 e. The Kier molecular flexibility index (Phi) is 4.39. The van der Waals surface area contributed by atoms with Crippen LogP contribution in [-0.2, 0) is 11.2 Å². The first-order valence-corrected chi connectivity index (χ1v) is 8.24. The van der Waals surface area contributed by atoms with E-state index in [2.05, 4.69) is 11.4 Å². The zero-order valence-electron chi connectivity index (χ0n) is 13.0. The molecular formula is C18H17NO3S. The lowest BCUT2D eigenvalue weighted by Crippen LogP contribution is -2.25. The van der Waals surface area contributed by atoms with Gasteiger partial charge in [-0.15, -0.1) is 0 Å². The van der Waals surface area contributed by atoms with Gasteiger partial charge in [-0.1, -0.05) is 30.0 Å². The van der Waals surface area contributed by atoms with Crippen LogP contribution < -0.4 is 10.1 Å². The Balaban J connectivity index is 1.67. The van der Waals surface area contributed by atoms with Crippen molar-refractivity contribution in [2.24, 2.45) is 0 Å². The number of rotatable bonds is 4. The second-order valence-corrected chi connectivity index (χ2v) is 6.83. The van der Waals surface area contributed by atoms with Gasteiger partial charge in [-0.3, -0.25) is 14.9 Å². The SMILES string of the molecule is Cc1cc(C)cc(Oc2ccc(CC3SC(=O)NC3=O)cc2)c1. The van der Waals surface area contributed by atoms with Crippen molar-refractivity contribution in [1.29, 1.82) is 0 Å². The Hall–Kier alpha value is -2.27. The lowest BCUT2D eigenvalue weighted by Gasteiger charge is -2.09. The first kappa shape index (κ1) is 15.6. The van der Waals surface area contributed by atoms with E-state index in [1.54, 1.807) is 0 Å². The van der Waals surface area contributed by atoms with E-state index in [0.717, 1.165) is 40.0 Å². The van der Waals surface area contributed by atoms with Gasteiger partial charge < -0.3 is 4.74 Å². The summed E-state index contributed by atoms with van der Waals surface area (Å²) in [5.74, 6) is 1.35. The van der Waals surface area contributed by atoms with E-state index in [0.29, 0.717) is 6.42 Å². The van der Waals surface area contributed by atoms with Crippen molar-refractivity contribution < 1.29 is 14.3 Å². The molecule has 5 heteroatoms. The maximum atomic E-state index is 11.6. The summed E-state index contributed by atoms with van der Waals surface area (Å²) in [4.78, 5) is 22.8. The van der Waals surface area contributed by atoms with Crippen LogP contribution in [-0.4, -0.2) is 16.4 Å². The maximum Gasteiger partial charge on any atom is 0.286 e. The average Bonchev–Trinajstić information content (AvgIpc) is 2.78. The Bertz CT molecular complexity index is 735. The standard InChI is InChI=1S/C18H17NO3S/c1-11-7-12(2)9-15(8-11)22-14-5-3-13(4-6-14)10-16-17(20)19-18(21)23-16/h3-9,16H,10H2,1-2H3,(H,19,20,21). The van der Waals surface area contributed by atoms with Gasteiger partial charge in [0.2, 0.25) is 5.91 Å². The molecule has 3 rings (SSSR count). The number of carbonyl (C=O) groups is 2. The van der Waals surface area contributed by atoms with Crippen LogP contribution in [0, 0.1) is 13.8 Å². The third kappa shape index (κ3) is 3.93. The predicted molar refractivity (Wildman–Crippen MR) is 91.1 cm³/mol. The van der Waals surface area contributed by atoms with E-state index < -0.39 is 0 Å². The van der Waals surface area contributed by atoms with Gasteiger partial charge in [0.25, 0.3) is 5.24 Å². The molecule has 1 unspecified atom stereocenters. The van der Waals surface area contributed by atoms with Crippen molar-refractivity contribution in [2.45, 2.75) is 25.5 Å². The van der Waals surface area contributed by atoms with E-state index >= 15 is 0 Å². The number of ether oxygens (including phenoxy) is 1. The smallest absolute Gasteiger partial charge is 0.286 e. The third-order valence-corrected chi connectivity index (χ3v) is 4.52. The van der Waals surface area contributed by atoms with Crippen LogP contribution in [0.3, 0.4) is 0 Å². The minimum atomic E-state index is -0.339. The van der Waals surface area contributed by atoms with Crippen LogP contribution in [0.15, 0.2) is 42.5 Å². The van der Waals surface area contributed by atoms with E-state index in [-0.39, 0.29) is 16.4 Å². The van der Waals surface area contributed by atoms with Gasteiger partial charge in [0.15, 0.2) is 0 Å². The summed E-state index contributed by atoms with van der Waals surface area (Å²) in [6.45, 7) is 4.07. The van der Waals surface area contributed by atoms with Gasteiger partial charge in [-0.05, 0) is 61.2 Å². The summed E-state index contributed by atoms with van der Waals surface area (Å²) in [6, 6.07) is 13.7. The highest BCUT2D eigenvalue weighted by Gasteiger charge is 2.31. The van der Waals surface area contributed by atoms with Crippen LogP contribution >= 0.6 is 11.8 Å². The molecule has 2 aromatic carbocycles. The van der Waals surface area contributed by atoms with Gasteiger partial charge in [0.1, 0.15) is 11.5 Å². The van der Waals surface area contributed by atoms with Gasteiger partial charge in [0, 0.05) is 0 Å². The number of nitrogens with one attached hydrogen (secondary N) is 1. The monoisotopic (exact) mass is 327 g/mol. The zero-order valence-corrected chi connectivity index (χ0v) is 13.8. The summed E-state index contributed by atoms with van der Waals surface area (Å²) in [7, 11) is 0. The highest BCUT2D eigenvalue weighted by Crippen LogP contribution is 2.26. The quantitative estimate of drug-likeness (QED) is 0.922. The molecule has 1 fully saturated rings. The second-order valence-electron chi connectivity index (χ2n) is 5.66. The number of benzene rings is 2. The van der Waals surface area contributed by atoms with E-state index in [9.17, 15) is 9.59 Å². The molecule has 0 radical (unpaired) electrons. The molecule has 1 N–H and O–H groups in total. The number of hydrogen-bond donors (Lipinski definition) is 1. The van der Waals surface area contributed by atoms with Crippen LogP contribution in [0.2, 0.25) is 0 Å². The summed E-state index contributed by atoms with van der Waals surface area (Å²) < 4.78 is 5.86. The van der Waals surface area contributed by atoms with E-state index in [1.165, 1.54) is 0 Å². The Morgan fingerprint density at radius 2 is 1.65 bits per heavy atom. The molecule has 118 valence electrons. The van der Waals surface area contributed by atoms with Crippen molar-refractivity contribution in [3.63, 3.8) is 0 Å². The summed E-state index contributed by atoms with van der Waals surface area (Å²) in [5.41, 5.74) is 3.32. The number of amides is 2. The summed E-state index contributed by atoms with van der Waals surface area (Å²) in [6.07, 6.45) is 0.534. The molecule has 0 aliphatic carbocycles. The topological polar surface area (TPSA) is 55.4 Å². The molecule has 23 heavy (non-hydrogen) atoms. The number of aryl methyl sites for hydroxylation is 2. The molecule has 1 atom stereocenters. The molecule has 2 amide bonds. The Morgan fingerprint density at radius 1 is 1.00 bits per heavy atom. The lowest BCUT2D eigenvalue weighted by molar-refractivity contribution is -0.118. The average molecular weight is 327 g/mol. The first-order valence-electron chi connectivity index (χ1n) is 7.36. The molecule has 1 aliphatic rings. The molecule has 1 aliphatic heterocycles. The third-order valence-electron chi connectivity index (χ3n) is 3.54. The fourth-order valence-corrected chi connectivity index (χ4v) is 3.42. The van der Waals surface area contributed by atoms with Crippen LogP contribution in [0.5, 0.6) is 11.5 Å². The van der Waals surface area contributed by atoms with Crippen molar-refractivity contribution in [2.75, 3.05) is 0 Å². The maximum absolute atomic E-state index is 11.6. The Labute approximate surface area is 139 Å². The van der Waals surface area contributed by atoms with Crippen molar-refractivity contribution >= 4 is 22.9 Å². The second kappa shape index (κ2) is 6.46. The van der Waals surface area contributed by atoms with Crippen molar-refractivity contribution in [1.82, 2.24) is 5.32 Å². The number of hydrogen-bond acceptors (Lipinski definition) is 4. The molecule has 2 aromatic rings. The van der Waals surface area contributed by atoms with Gasteiger partial charge in [-0.2, -0.15) is 0 Å². The fourth-order valence-electron chi connectivity index (χ4n) is 2.56. The Morgan fingerprint density at radius 3 is 2.22 bits per heavy atom. The van der Waals surface area contributed by atoms with Crippen LogP contribution in [0.1, 0.15) is 16.7 Å². The highest BCUT2D eigenvalue weighted by atomic mass is 32.2. The number of imide groups is 1.